The molecule has 3 amide bonds. The first kappa shape index (κ1) is 25.8. The number of benzene rings is 1. The fourth-order valence-corrected chi connectivity index (χ4v) is 2.59. The highest BCUT2D eigenvalue weighted by Crippen LogP contribution is 2.21. The molecule has 34 heavy (non-hydrogen) atoms. The average molecular weight is 469 g/mol. The van der Waals surface area contributed by atoms with Gasteiger partial charge in [0.25, 0.3) is 11.8 Å². The topological polar surface area (TPSA) is 152 Å². The number of aromatic nitrogens is 2. The van der Waals surface area contributed by atoms with E-state index in [1.165, 1.54) is 0 Å². The minimum absolute atomic E-state index is 0.0479. The number of hydrogen-bond donors (Lipinski definition) is 4. The Morgan fingerprint density at radius 1 is 1.00 bits per heavy atom. The molecule has 1 aromatic heterocycles. The zero-order chi connectivity index (χ0) is 25.6. The number of methoxy groups -OCH3 is 1. The van der Waals surface area contributed by atoms with E-state index < -0.39 is 29.5 Å². The number of carbonyl (C=O) groups excluding carboxylic acids is 4. The summed E-state index contributed by atoms with van der Waals surface area (Å²) in [6.45, 7) is 13.8. The molecule has 4 N–H and O–H groups in total. The Hall–Kier alpha value is -4.41. The minimum atomic E-state index is -0.828. The van der Waals surface area contributed by atoms with Gasteiger partial charge in [0.1, 0.15) is 22.8 Å². The van der Waals surface area contributed by atoms with E-state index in [1.807, 2.05) is 0 Å². The van der Waals surface area contributed by atoms with Crippen LogP contribution >= 0.6 is 0 Å². The van der Waals surface area contributed by atoms with Crippen molar-refractivity contribution < 1.29 is 28.7 Å². The van der Waals surface area contributed by atoms with Crippen molar-refractivity contribution in [1.29, 1.82) is 0 Å². The third kappa shape index (κ3) is 7.05. The summed E-state index contributed by atoms with van der Waals surface area (Å²) >= 11 is 0. The van der Waals surface area contributed by atoms with E-state index in [9.17, 15) is 19.2 Å². The molecule has 0 spiro atoms. The summed E-state index contributed by atoms with van der Waals surface area (Å²) in [6, 6.07) is 6.74. The third-order valence-corrected chi connectivity index (χ3v) is 4.14. The van der Waals surface area contributed by atoms with E-state index in [4.69, 9.17) is 4.74 Å². The van der Waals surface area contributed by atoms with E-state index in [0.29, 0.717) is 22.8 Å². The van der Waals surface area contributed by atoms with Gasteiger partial charge >= 0.3 is 12.1 Å². The zero-order valence-corrected chi connectivity index (χ0v) is 19.6. The number of hydrogen-bond acceptors (Lipinski definition) is 7. The largest absolute Gasteiger partial charge is 0.464 e. The van der Waals surface area contributed by atoms with Crippen LogP contribution in [0.5, 0.6) is 0 Å². The van der Waals surface area contributed by atoms with Gasteiger partial charge in [0, 0.05) is 16.9 Å². The van der Waals surface area contributed by atoms with Crippen LogP contribution in [-0.4, -0.2) is 46.6 Å². The SMILES string of the molecule is C=C(NC(=O)c1nc(-c2ccc(NC(=O)OC(C)(C)C)cc2)[nH]c1C)C(=O)NC(=C)C(=O)OC. The van der Waals surface area contributed by atoms with Crippen LogP contribution < -0.4 is 16.0 Å². The van der Waals surface area contributed by atoms with E-state index in [2.05, 4.69) is 43.8 Å². The van der Waals surface area contributed by atoms with Crippen molar-refractivity contribution in [3.05, 3.63) is 60.2 Å². The summed E-state index contributed by atoms with van der Waals surface area (Å²) in [6.07, 6.45) is -0.576. The second-order valence-corrected chi connectivity index (χ2v) is 8.12. The van der Waals surface area contributed by atoms with E-state index in [-0.39, 0.29) is 17.1 Å². The number of anilines is 1. The minimum Gasteiger partial charge on any atom is -0.464 e. The second-order valence-electron chi connectivity index (χ2n) is 8.12. The molecular formula is C23H27N5O6. The van der Waals surface area contributed by atoms with Gasteiger partial charge in [-0.1, -0.05) is 13.2 Å². The second kappa shape index (κ2) is 10.5. The Bertz CT molecular complexity index is 1140. The highest BCUT2D eigenvalue weighted by molar-refractivity contribution is 6.04. The van der Waals surface area contributed by atoms with Gasteiger partial charge in [0.2, 0.25) is 0 Å². The number of esters is 1. The number of ether oxygens (including phenoxy) is 2. The Labute approximate surface area is 196 Å². The van der Waals surface area contributed by atoms with Crippen molar-refractivity contribution >= 4 is 29.6 Å². The smallest absolute Gasteiger partial charge is 0.412 e. The van der Waals surface area contributed by atoms with Crippen LogP contribution in [0.2, 0.25) is 0 Å². The molecule has 0 aliphatic carbocycles. The lowest BCUT2D eigenvalue weighted by molar-refractivity contribution is -0.137. The number of aryl methyl sites for hydroxylation is 1. The number of rotatable bonds is 7. The Morgan fingerprint density at radius 3 is 2.18 bits per heavy atom. The molecule has 0 bridgehead atoms. The molecule has 2 rings (SSSR count). The van der Waals surface area contributed by atoms with Crippen molar-refractivity contribution in [2.45, 2.75) is 33.3 Å². The number of nitrogens with one attached hydrogen (secondary N) is 4. The lowest BCUT2D eigenvalue weighted by Gasteiger charge is -2.19. The first-order chi connectivity index (χ1) is 15.8. The van der Waals surface area contributed by atoms with Gasteiger partial charge in [-0.15, -0.1) is 0 Å². The molecule has 0 saturated carbocycles. The number of aromatic amines is 1. The highest BCUT2D eigenvalue weighted by Gasteiger charge is 2.20. The first-order valence-corrected chi connectivity index (χ1v) is 10.1. The van der Waals surface area contributed by atoms with Gasteiger partial charge in [0.05, 0.1) is 12.8 Å². The van der Waals surface area contributed by atoms with Gasteiger partial charge in [-0.25, -0.2) is 14.6 Å². The highest BCUT2D eigenvalue weighted by atomic mass is 16.6. The molecular weight excluding hydrogens is 442 g/mol. The van der Waals surface area contributed by atoms with Gasteiger partial charge < -0.3 is 25.1 Å². The molecule has 0 fully saturated rings. The fourth-order valence-electron chi connectivity index (χ4n) is 2.59. The molecule has 0 aliphatic rings. The Morgan fingerprint density at radius 2 is 1.62 bits per heavy atom. The van der Waals surface area contributed by atoms with Crippen LogP contribution in [0.25, 0.3) is 11.4 Å². The maximum atomic E-state index is 12.6. The lowest BCUT2D eigenvalue weighted by atomic mass is 10.2. The van der Waals surface area contributed by atoms with Gasteiger partial charge in [-0.2, -0.15) is 0 Å². The molecule has 0 atom stereocenters. The molecule has 0 saturated heterocycles. The van der Waals surface area contributed by atoms with E-state index in [0.717, 1.165) is 7.11 Å². The van der Waals surface area contributed by atoms with Crippen molar-refractivity contribution in [2.75, 3.05) is 12.4 Å². The van der Waals surface area contributed by atoms with Crippen molar-refractivity contribution in [3.8, 4) is 11.4 Å². The van der Waals surface area contributed by atoms with E-state index >= 15 is 0 Å². The van der Waals surface area contributed by atoms with Gasteiger partial charge in [0.15, 0.2) is 0 Å². The first-order valence-electron chi connectivity index (χ1n) is 10.1. The van der Waals surface area contributed by atoms with Crippen LogP contribution in [0.3, 0.4) is 0 Å². The van der Waals surface area contributed by atoms with Crippen LogP contribution in [-0.2, 0) is 19.1 Å². The summed E-state index contributed by atoms with van der Waals surface area (Å²) < 4.78 is 9.65. The van der Waals surface area contributed by atoms with E-state index in [1.54, 1.807) is 52.0 Å². The average Bonchev–Trinajstić information content (AvgIpc) is 3.13. The summed E-state index contributed by atoms with van der Waals surface area (Å²) in [5.74, 6) is -1.93. The summed E-state index contributed by atoms with van der Waals surface area (Å²) in [4.78, 5) is 55.2. The molecule has 1 aromatic carbocycles. The monoisotopic (exact) mass is 469 g/mol. The number of carbonyl (C=O) groups is 4. The van der Waals surface area contributed by atoms with Crippen molar-refractivity contribution in [3.63, 3.8) is 0 Å². The quantitative estimate of drug-likeness (QED) is 0.359. The number of imidazole rings is 1. The van der Waals surface area contributed by atoms with Crippen molar-refractivity contribution in [1.82, 2.24) is 20.6 Å². The van der Waals surface area contributed by atoms with Gasteiger partial charge in [-0.05, 0) is 52.0 Å². The summed E-state index contributed by atoms with van der Waals surface area (Å²) in [7, 11) is 1.14. The maximum Gasteiger partial charge on any atom is 0.412 e. The lowest BCUT2D eigenvalue weighted by Crippen LogP contribution is -2.35. The normalized spacial score (nSPS) is 10.6. The molecule has 180 valence electrons. The number of H-pyrrole nitrogens is 1. The molecule has 0 radical (unpaired) electrons. The molecule has 0 unspecified atom stereocenters. The number of amides is 3. The predicted molar refractivity (Wildman–Crippen MR) is 125 cm³/mol. The molecule has 0 aliphatic heterocycles. The molecule has 1 heterocycles. The summed E-state index contributed by atoms with van der Waals surface area (Å²) in [5, 5.41) is 7.13. The van der Waals surface area contributed by atoms with Crippen LogP contribution in [0.1, 0.15) is 37.0 Å². The van der Waals surface area contributed by atoms with Crippen LogP contribution in [0.15, 0.2) is 48.8 Å². The standard InChI is InChI=1S/C23H27N5O6/c1-12-17(20(30)25-13(2)19(29)26-14(3)21(31)33-7)28-18(24-12)15-8-10-16(11-9-15)27-22(32)34-23(4,5)6/h8-11H,2-3H2,1,4-7H3,(H,24,28)(H,25,30)(H,26,29)(H,27,32). The van der Waals surface area contributed by atoms with Crippen LogP contribution in [0, 0.1) is 6.92 Å². The molecule has 2 aromatic rings. The third-order valence-electron chi connectivity index (χ3n) is 4.14. The van der Waals surface area contributed by atoms with Gasteiger partial charge in [-0.3, -0.25) is 14.9 Å². The molecule has 11 heteroatoms. The summed E-state index contributed by atoms with van der Waals surface area (Å²) in [5.41, 5.74) is 0.455. The van der Waals surface area contributed by atoms with Crippen molar-refractivity contribution in [2.24, 2.45) is 0 Å². The maximum absolute atomic E-state index is 12.6. The van der Waals surface area contributed by atoms with Crippen LogP contribution in [0.4, 0.5) is 10.5 Å². The number of nitrogens with zero attached hydrogens (tertiary/aromatic N) is 1. The Balaban J connectivity index is 2.05. The fraction of sp³-hybridized carbons (Fsp3) is 0.261. The Kier molecular flexibility index (Phi) is 7.96. The predicted octanol–water partition coefficient (Wildman–Crippen LogP) is 2.78. The zero-order valence-electron chi connectivity index (χ0n) is 19.6. The molecule has 11 nitrogen and oxygen atoms in total.